The molecule has 0 unspecified atom stereocenters. The lowest BCUT2D eigenvalue weighted by Gasteiger charge is -2.22. The Morgan fingerprint density at radius 3 is 2.65 bits per heavy atom. The van der Waals surface area contributed by atoms with Gasteiger partial charge in [0.25, 0.3) is 0 Å². The van der Waals surface area contributed by atoms with Gasteiger partial charge in [0.05, 0.1) is 25.0 Å². The number of carbonyl (C=O) groups excluding carboxylic acids is 2. The number of nitrogens with zero attached hydrogens (tertiary/aromatic N) is 2. The molecule has 0 aliphatic carbocycles. The first-order valence-electron chi connectivity index (χ1n) is 6.08. The molecule has 114 valence electrons. The molecule has 0 fully saturated rings. The lowest BCUT2D eigenvalue weighted by Crippen LogP contribution is -2.37. The van der Waals surface area contributed by atoms with Crippen molar-refractivity contribution in [1.29, 1.82) is 0 Å². The van der Waals surface area contributed by atoms with Crippen LogP contribution in [0.3, 0.4) is 0 Å². The monoisotopic (exact) mass is 304 g/mol. The molecule has 1 amide bonds. The maximum Gasteiger partial charge on any atom is 0.333 e. The van der Waals surface area contributed by atoms with Gasteiger partial charge in [-0.2, -0.15) is 5.10 Å². The van der Waals surface area contributed by atoms with Crippen LogP contribution in [0, 0.1) is 0 Å². The minimum Gasteiger partial charge on any atom is -0.464 e. The molecule has 0 atom stereocenters. The Kier molecular flexibility index (Phi) is 7.23. The van der Waals surface area contributed by atoms with Gasteiger partial charge < -0.3 is 15.4 Å². The first kappa shape index (κ1) is 18.4. The maximum atomic E-state index is 11.8. The summed E-state index contributed by atoms with van der Waals surface area (Å²) in [7, 11) is 1.69. The van der Waals surface area contributed by atoms with Crippen LogP contribution in [-0.4, -0.2) is 41.9 Å². The van der Waals surface area contributed by atoms with Crippen LogP contribution in [0.2, 0.25) is 0 Å². The topological polar surface area (TPSA) is 85.2 Å². The molecule has 20 heavy (non-hydrogen) atoms. The Bertz CT molecular complexity index is 459. The number of esters is 1. The predicted octanol–water partition coefficient (Wildman–Crippen LogP) is 0.761. The van der Waals surface area contributed by atoms with E-state index in [1.165, 1.54) is 10.9 Å². The third kappa shape index (κ3) is 4.50. The highest BCUT2D eigenvalue weighted by Crippen LogP contribution is 2.18. The second-order valence-electron chi connectivity index (χ2n) is 4.53. The fraction of sp³-hybridized carbons (Fsp3) is 0.583. The number of ether oxygens (including phenoxy) is 1. The van der Waals surface area contributed by atoms with Gasteiger partial charge >= 0.3 is 5.97 Å². The van der Waals surface area contributed by atoms with E-state index in [1.807, 2.05) is 0 Å². The SMILES string of the molecule is CCOC(=O)C(C)(C)n1cc(NC(=O)CNC)cn1.Cl. The van der Waals surface area contributed by atoms with Crippen molar-refractivity contribution in [1.82, 2.24) is 15.1 Å². The molecule has 0 bridgehead atoms. The van der Waals surface area contributed by atoms with Crippen molar-refractivity contribution in [2.45, 2.75) is 26.3 Å². The number of carbonyl (C=O) groups is 2. The number of hydrogen-bond donors (Lipinski definition) is 2. The van der Waals surface area contributed by atoms with Crippen LogP contribution in [0.5, 0.6) is 0 Å². The maximum absolute atomic E-state index is 11.8. The van der Waals surface area contributed by atoms with Crippen LogP contribution in [0.15, 0.2) is 12.4 Å². The van der Waals surface area contributed by atoms with Gasteiger partial charge in [0.1, 0.15) is 0 Å². The van der Waals surface area contributed by atoms with Gasteiger partial charge in [-0.05, 0) is 27.8 Å². The van der Waals surface area contributed by atoms with E-state index in [2.05, 4.69) is 15.7 Å². The highest BCUT2D eigenvalue weighted by molar-refractivity contribution is 5.92. The van der Waals surface area contributed by atoms with Gasteiger partial charge in [-0.1, -0.05) is 0 Å². The second kappa shape index (κ2) is 7.86. The van der Waals surface area contributed by atoms with E-state index in [-0.39, 0.29) is 30.8 Å². The summed E-state index contributed by atoms with van der Waals surface area (Å²) < 4.78 is 6.47. The number of hydrogen-bond acceptors (Lipinski definition) is 5. The van der Waals surface area contributed by atoms with Gasteiger partial charge in [0, 0.05) is 6.20 Å². The molecule has 0 aromatic carbocycles. The van der Waals surface area contributed by atoms with E-state index < -0.39 is 5.54 Å². The Balaban J connectivity index is 0.00000361. The van der Waals surface area contributed by atoms with Crippen LogP contribution in [0.1, 0.15) is 20.8 Å². The zero-order valence-corrected chi connectivity index (χ0v) is 12.9. The minimum absolute atomic E-state index is 0. The lowest BCUT2D eigenvalue weighted by atomic mass is 10.1. The molecular weight excluding hydrogens is 284 g/mol. The molecule has 0 radical (unpaired) electrons. The average molecular weight is 305 g/mol. The fourth-order valence-electron chi connectivity index (χ4n) is 1.46. The number of amides is 1. The molecular formula is C12H21ClN4O3. The highest BCUT2D eigenvalue weighted by Gasteiger charge is 2.32. The summed E-state index contributed by atoms with van der Waals surface area (Å²) in [4.78, 5) is 23.2. The van der Waals surface area contributed by atoms with E-state index in [9.17, 15) is 9.59 Å². The van der Waals surface area contributed by atoms with Crippen molar-refractivity contribution >= 4 is 30.0 Å². The summed E-state index contributed by atoms with van der Waals surface area (Å²) in [5, 5.41) is 9.50. The second-order valence-corrected chi connectivity index (χ2v) is 4.53. The standard InChI is InChI=1S/C12H20N4O3.ClH/c1-5-19-11(18)12(2,3)16-8-9(6-14-16)15-10(17)7-13-4;/h6,8,13H,5,7H2,1-4H3,(H,15,17);1H. The summed E-state index contributed by atoms with van der Waals surface area (Å²) in [5.41, 5.74) is -0.375. The van der Waals surface area contributed by atoms with Crippen LogP contribution >= 0.6 is 12.4 Å². The normalized spacial score (nSPS) is 10.6. The largest absolute Gasteiger partial charge is 0.464 e. The molecule has 0 aliphatic heterocycles. The Labute approximate surface area is 124 Å². The summed E-state index contributed by atoms with van der Waals surface area (Å²) >= 11 is 0. The highest BCUT2D eigenvalue weighted by atomic mass is 35.5. The first-order valence-corrected chi connectivity index (χ1v) is 6.08. The molecule has 0 aliphatic rings. The van der Waals surface area contributed by atoms with E-state index in [0.29, 0.717) is 12.3 Å². The van der Waals surface area contributed by atoms with Crippen molar-refractivity contribution in [2.24, 2.45) is 0 Å². The molecule has 8 heteroatoms. The Morgan fingerprint density at radius 1 is 1.45 bits per heavy atom. The zero-order valence-electron chi connectivity index (χ0n) is 12.1. The number of nitrogens with one attached hydrogen (secondary N) is 2. The lowest BCUT2D eigenvalue weighted by molar-refractivity contribution is -0.152. The molecule has 1 rings (SSSR count). The fourth-order valence-corrected chi connectivity index (χ4v) is 1.46. The van der Waals surface area contributed by atoms with Crippen molar-refractivity contribution in [2.75, 3.05) is 25.5 Å². The molecule has 0 spiro atoms. The average Bonchev–Trinajstić information content (AvgIpc) is 2.78. The van der Waals surface area contributed by atoms with Crippen LogP contribution in [0.25, 0.3) is 0 Å². The quantitative estimate of drug-likeness (QED) is 0.758. The molecule has 1 aromatic rings. The van der Waals surface area contributed by atoms with Crippen molar-refractivity contribution < 1.29 is 14.3 Å². The molecule has 0 saturated carbocycles. The summed E-state index contributed by atoms with van der Waals surface area (Å²) in [6.45, 7) is 5.69. The first-order chi connectivity index (χ1) is 8.91. The number of anilines is 1. The molecule has 0 saturated heterocycles. The third-order valence-electron chi connectivity index (χ3n) is 2.55. The molecule has 1 aromatic heterocycles. The van der Waals surface area contributed by atoms with Gasteiger partial charge in [-0.15, -0.1) is 12.4 Å². The van der Waals surface area contributed by atoms with Crippen LogP contribution in [0.4, 0.5) is 5.69 Å². The molecule has 1 heterocycles. The summed E-state index contributed by atoms with van der Waals surface area (Å²) in [6.07, 6.45) is 3.10. The predicted molar refractivity (Wildman–Crippen MR) is 78.0 cm³/mol. The number of rotatable bonds is 6. The van der Waals surface area contributed by atoms with E-state index >= 15 is 0 Å². The van der Waals surface area contributed by atoms with Crippen molar-refractivity contribution in [3.8, 4) is 0 Å². The minimum atomic E-state index is -0.915. The third-order valence-corrected chi connectivity index (χ3v) is 2.55. The van der Waals surface area contributed by atoms with Crippen molar-refractivity contribution in [3.63, 3.8) is 0 Å². The molecule has 2 N–H and O–H groups in total. The smallest absolute Gasteiger partial charge is 0.333 e. The molecule has 7 nitrogen and oxygen atoms in total. The van der Waals surface area contributed by atoms with Gasteiger partial charge in [-0.3, -0.25) is 9.48 Å². The number of likely N-dealkylation sites (N-methyl/N-ethyl adjacent to an activating group) is 1. The van der Waals surface area contributed by atoms with E-state index in [0.717, 1.165) is 0 Å². The van der Waals surface area contributed by atoms with Gasteiger partial charge in [0.15, 0.2) is 5.54 Å². The van der Waals surface area contributed by atoms with Gasteiger partial charge in [-0.25, -0.2) is 4.79 Å². The number of halogens is 1. The Hall–Kier alpha value is -1.60. The Morgan fingerprint density at radius 2 is 2.10 bits per heavy atom. The van der Waals surface area contributed by atoms with Gasteiger partial charge in [0.2, 0.25) is 5.91 Å². The van der Waals surface area contributed by atoms with E-state index in [1.54, 1.807) is 34.0 Å². The zero-order chi connectivity index (χ0) is 14.5. The number of aromatic nitrogens is 2. The summed E-state index contributed by atoms with van der Waals surface area (Å²) in [6, 6.07) is 0. The van der Waals surface area contributed by atoms with Crippen LogP contribution in [-0.2, 0) is 19.9 Å². The van der Waals surface area contributed by atoms with Crippen LogP contribution < -0.4 is 10.6 Å². The summed E-state index contributed by atoms with van der Waals surface area (Å²) in [5.74, 6) is -0.540. The van der Waals surface area contributed by atoms with Crippen molar-refractivity contribution in [3.05, 3.63) is 12.4 Å². The van der Waals surface area contributed by atoms with E-state index in [4.69, 9.17) is 4.74 Å².